The number of amides is 1. The molecular formula is C19H22N2O3S. The number of benzene rings is 2. The molecule has 1 aliphatic heterocycles. The molecule has 1 amide bonds. The van der Waals surface area contributed by atoms with Crippen LogP contribution in [0.15, 0.2) is 42.5 Å². The summed E-state index contributed by atoms with van der Waals surface area (Å²) in [5.74, 6) is -0.210. The van der Waals surface area contributed by atoms with Crippen molar-refractivity contribution in [3.8, 4) is 0 Å². The van der Waals surface area contributed by atoms with Crippen molar-refractivity contribution in [2.75, 3.05) is 28.6 Å². The van der Waals surface area contributed by atoms with Crippen LogP contribution in [0.2, 0.25) is 0 Å². The van der Waals surface area contributed by atoms with Gasteiger partial charge >= 0.3 is 0 Å². The Morgan fingerprint density at radius 2 is 1.72 bits per heavy atom. The second-order valence-electron chi connectivity index (χ2n) is 6.43. The Morgan fingerprint density at radius 1 is 1.08 bits per heavy atom. The minimum atomic E-state index is -3.58. The first-order valence-electron chi connectivity index (χ1n) is 8.21. The van der Waals surface area contributed by atoms with Gasteiger partial charge in [0.15, 0.2) is 0 Å². The fraction of sp³-hybridized carbons (Fsp3) is 0.316. The Morgan fingerprint density at radius 3 is 2.36 bits per heavy atom. The lowest BCUT2D eigenvalue weighted by Crippen LogP contribution is -2.42. The first-order valence-corrected chi connectivity index (χ1v) is 10.1. The number of nitrogens with zero attached hydrogens (tertiary/aromatic N) is 2. The van der Waals surface area contributed by atoms with E-state index in [2.05, 4.69) is 0 Å². The molecule has 0 radical (unpaired) electrons. The quantitative estimate of drug-likeness (QED) is 0.844. The van der Waals surface area contributed by atoms with Gasteiger partial charge in [-0.2, -0.15) is 0 Å². The number of para-hydroxylation sites is 2. The van der Waals surface area contributed by atoms with E-state index in [-0.39, 0.29) is 12.5 Å². The highest BCUT2D eigenvalue weighted by Gasteiger charge is 2.29. The van der Waals surface area contributed by atoms with Gasteiger partial charge in [0, 0.05) is 12.2 Å². The maximum Gasteiger partial charge on any atom is 0.247 e. The third-order valence-electron chi connectivity index (χ3n) is 4.56. The van der Waals surface area contributed by atoms with Crippen LogP contribution in [-0.2, 0) is 21.2 Å². The molecule has 0 saturated heterocycles. The lowest BCUT2D eigenvalue weighted by Gasteiger charge is -2.27. The Kier molecular flexibility index (Phi) is 4.56. The van der Waals surface area contributed by atoms with Crippen LogP contribution >= 0.6 is 0 Å². The van der Waals surface area contributed by atoms with Crippen LogP contribution in [0.4, 0.5) is 11.4 Å². The van der Waals surface area contributed by atoms with Crippen LogP contribution in [0, 0.1) is 13.8 Å². The van der Waals surface area contributed by atoms with Gasteiger partial charge in [0.05, 0.1) is 11.9 Å². The second kappa shape index (κ2) is 6.52. The van der Waals surface area contributed by atoms with Gasteiger partial charge in [-0.05, 0) is 43.0 Å². The zero-order chi connectivity index (χ0) is 18.2. The van der Waals surface area contributed by atoms with Crippen LogP contribution < -0.4 is 9.21 Å². The summed E-state index contributed by atoms with van der Waals surface area (Å²) in [6.45, 7) is 4.10. The summed E-state index contributed by atoms with van der Waals surface area (Å²) in [5.41, 5.74) is 4.25. The van der Waals surface area contributed by atoms with Crippen LogP contribution in [0.25, 0.3) is 0 Å². The minimum absolute atomic E-state index is 0.196. The average Bonchev–Trinajstić information content (AvgIpc) is 2.96. The highest BCUT2D eigenvalue weighted by atomic mass is 32.2. The molecule has 25 heavy (non-hydrogen) atoms. The molecule has 0 atom stereocenters. The summed E-state index contributed by atoms with van der Waals surface area (Å²) in [6, 6.07) is 13.3. The van der Waals surface area contributed by atoms with E-state index in [9.17, 15) is 13.2 Å². The number of rotatable bonds is 4. The lowest BCUT2D eigenvalue weighted by atomic mass is 10.1. The molecule has 0 N–H and O–H groups in total. The van der Waals surface area contributed by atoms with Crippen molar-refractivity contribution in [1.82, 2.24) is 0 Å². The third kappa shape index (κ3) is 3.39. The van der Waals surface area contributed by atoms with Gasteiger partial charge in [-0.1, -0.05) is 36.4 Å². The molecule has 0 bridgehead atoms. The Balaban J connectivity index is 1.94. The number of fused-ring (bicyclic) bond motifs is 1. The molecule has 2 aromatic carbocycles. The van der Waals surface area contributed by atoms with E-state index in [0.717, 1.165) is 35.1 Å². The summed E-state index contributed by atoms with van der Waals surface area (Å²) >= 11 is 0. The van der Waals surface area contributed by atoms with Gasteiger partial charge in [0.1, 0.15) is 6.54 Å². The van der Waals surface area contributed by atoms with Crippen molar-refractivity contribution in [2.45, 2.75) is 20.3 Å². The first kappa shape index (κ1) is 17.5. The molecular weight excluding hydrogens is 336 g/mol. The van der Waals surface area contributed by atoms with E-state index in [1.165, 1.54) is 4.31 Å². The first-order chi connectivity index (χ1) is 11.8. The molecule has 1 aliphatic rings. The fourth-order valence-electron chi connectivity index (χ4n) is 3.37. The van der Waals surface area contributed by atoms with Crippen molar-refractivity contribution >= 4 is 27.3 Å². The van der Waals surface area contributed by atoms with E-state index in [0.29, 0.717) is 12.2 Å². The van der Waals surface area contributed by atoms with Gasteiger partial charge in [-0.3, -0.25) is 9.10 Å². The zero-order valence-corrected chi connectivity index (χ0v) is 15.5. The van der Waals surface area contributed by atoms with Crippen LogP contribution in [-0.4, -0.2) is 33.7 Å². The SMILES string of the molecule is Cc1cccc(C)c1N(CC(=O)N1CCc2ccccc21)S(C)(=O)=O. The van der Waals surface area contributed by atoms with E-state index >= 15 is 0 Å². The molecule has 0 aromatic heterocycles. The molecule has 0 fully saturated rings. The molecule has 0 saturated carbocycles. The van der Waals surface area contributed by atoms with E-state index in [1.54, 1.807) is 4.90 Å². The van der Waals surface area contributed by atoms with E-state index < -0.39 is 10.0 Å². The predicted molar refractivity (Wildman–Crippen MR) is 101 cm³/mol. The minimum Gasteiger partial charge on any atom is -0.310 e. The summed E-state index contributed by atoms with van der Waals surface area (Å²) < 4.78 is 26.0. The predicted octanol–water partition coefficient (Wildman–Crippen LogP) is 2.66. The van der Waals surface area contributed by atoms with Gasteiger partial charge in [0.25, 0.3) is 0 Å². The highest BCUT2D eigenvalue weighted by Crippen LogP contribution is 2.30. The standard InChI is InChI=1S/C19H22N2O3S/c1-14-7-6-8-15(2)19(14)21(25(3,23)24)13-18(22)20-12-11-16-9-4-5-10-17(16)20/h4-10H,11-13H2,1-3H3. The molecule has 132 valence electrons. The number of carbonyl (C=O) groups excluding carboxylic acids is 1. The molecule has 2 aromatic rings. The zero-order valence-electron chi connectivity index (χ0n) is 14.7. The van der Waals surface area contributed by atoms with Crippen molar-refractivity contribution < 1.29 is 13.2 Å². The molecule has 0 spiro atoms. The van der Waals surface area contributed by atoms with Gasteiger partial charge < -0.3 is 4.90 Å². The summed E-state index contributed by atoms with van der Waals surface area (Å²) in [4.78, 5) is 14.6. The smallest absolute Gasteiger partial charge is 0.247 e. The number of aryl methyl sites for hydroxylation is 2. The highest BCUT2D eigenvalue weighted by molar-refractivity contribution is 7.92. The Labute approximate surface area is 148 Å². The fourth-order valence-corrected chi connectivity index (χ4v) is 4.33. The van der Waals surface area contributed by atoms with Gasteiger partial charge in [-0.15, -0.1) is 0 Å². The topological polar surface area (TPSA) is 57.7 Å². The van der Waals surface area contributed by atoms with Crippen molar-refractivity contribution in [3.63, 3.8) is 0 Å². The van der Waals surface area contributed by atoms with Crippen LogP contribution in [0.5, 0.6) is 0 Å². The van der Waals surface area contributed by atoms with E-state index in [1.807, 2.05) is 56.3 Å². The van der Waals surface area contributed by atoms with E-state index in [4.69, 9.17) is 0 Å². The number of anilines is 2. The maximum absolute atomic E-state index is 12.9. The van der Waals surface area contributed by atoms with Crippen molar-refractivity contribution in [3.05, 3.63) is 59.2 Å². The summed E-state index contributed by atoms with van der Waals surface area (Å²) in [6.07, 6.45) is 1.94. The number of hydrogen-bond acceptors (Lipinski definition) is 3. The summed E-state index contributed by atoms with van der Waals surface area (Å²) in [5, 5.41) is 0. The van der Waals surface area contributed by atoms with Crippen LogP contribution in [0.1, 0.15) is 16.7 Å². The molecule has 0 unspecified atom stereocenters. The monoisotopic (exact) mass is 358 g/mol. The second-order valence-corrected chi connectivity index (χ2v) is 8.34. The van der Waals surface area contributed by atoms with Crippen LogP contribution in [0.3, 0.4) is 0 Å². The average molecular weight is 358 g/mol. The lowest BCUT2D eigenvalue weighted by molar-refractivity contribution is -0.117. The number of sulfonamides is 1. The number of hydrogen-bond donors (Lipinski definition) is 0. The molecule has 5 nitrogen and oxygen atoms in total. The van der Waals surface area contributed by atoms with Gasteiger partial charge in [-0.25, -0.2) is 8.42 Å². The third-order valence-corrected chi connectivity index (χ3v) is 5.67. The van der Waals surface area contributed by atoms with Crippen molar-refractivity contribution in [2.24, 2.45) is 0 Å². The molecule has 6 heteroatoms. The largest absolute Gasteiger partial charge is 0.310 e. The van der Waals surface area contributed by atoms with Crippen molar-refractivity contribution in [1.29, 1.82) is 0 Å². The maximum atomic E-state index is 12.9. The normalized spacial score (nSPS) is 13.6. The van der Waals surface area contributed by atoms with Gasteiger partial charge in [0.2, 0.25) is 15.9 Å². The number of carbonyl (C=O) groups is 1. The Bertz CT molecular complexity index is 902. The molecule has 3 rings (SSSR count). The summed E-state index contributed by atoms with van der Waals surface area (Å²) in [7, 11) is -3.58. The molecule has 1 heterocycles. The molecule has 0 aliphatic carbocycles. The Hall–Kier alpha value is -2.34.